The monoisotopic (exact) mass is 445 g/mol. The van der Waals surface area contributed by atoms with Crippen LogP contribution in [0, 0.1) is 10.1 Å². The average Bonchev–Trinajstić information content (AvgIpc) is 2.79. The number of hydrogen-bond donors (Lipinski definition) is 1. The van der Waals surface area contributed by atoms with E-state index in [9.17, 15) is 18.5 Å². The zero-order valence-electron chi connectivity index (χ0n) is 17.5. The van der Waals surface area contributed by atoms with Crippen LogP contribution in [0.5, 0.6) is 0 Å². The molecule has 0 aromatic heterocycles. The lowest BCUT2D eigenvalue weighted by Gasteiger charge is -2.47. The SMILES string of the molecule is CCN(c1ccccc1)S(=O)(=O)c1ccc(NCC2CN3CCN2CC3)c([N+](=O)[O-])c1. The van der Waals surface area contributed by atoms with Crippen LogP contribution in [0.3, 0.4) is 0 Å². The summed E-state index contributed by atoms with van der Waals surface area (Å²) in [4.78, 5) is 15.9. The zero-order valence-corrected chi connectivity index (χ0v) is 18.3. The number of sulfonamides is 1. The maximum Gasteiger partial charge on any atom is 0.293 e. The molecule has 2 aromatic carbocycles. The Morgan fingerprint density at radius 1 is 1.13 bits per heavy atom. The van der Waals surface area contributed by atoms with Crippen LogP contribution in [0.15, 0.2) is 53.4 Å². The maximum atomic E-state index is 13.2. The number of benzene rings is 2. The fourth-order valence-corrected chi connectivity index (χ4v) is 5.83. The van der Waals surface area contributed by atoms with E-state index in [0.29, 0.717) is 24.0 Å². The van der Waals surface area contributed by atoms with Gasteiger partial charge in [-0.2, -0.15) is 0 Å². The van der Waals surface area contributed by atoms with Crippen molar-refractivity contribution in [3.63, 3.8) is 0 Å². The number of hydrogen-bond acceptors (Lipinski definition) is 7. The van der Waals surface area contributed by atoms with Gasteiger partial charge in [-0.15, -0.1) is 0 Å². The fourth-order valence-electron chi connectivity index (χ4n) is 4.33. The summed E-state index contributed by atoms with van der Waals surface area (Å²) >= 11 is 0. The standard InChI is InChI=1S/C21H27N5O4S/c1-2-25(17-6-4-3-5-7-17)31(29,30)19-8-9-20(21(14-19)26(27)28)22-15-18-16-23-10-12-24(18)13-11-23/h3-9,14,18,22H,2,10-13,15-16H2,1H3. The Morgan fingerprint density at radius 3 is 2.42 bits per heavy atom. The highest BCUT2D eigenvalue weighted by atomic mass is 32.2. The Labute approximate surface area is 182 Å². The summed E-state index contributed by atoms with van der Waals surface area (Å²) in [5, 5.41) is 14.9. The lowest BCUT2D eigenvalue weighted by molar-refractivity contribution is -0.384. The van der Waals surface area contributed by atoms with Crippen LogP contribution in [0.1, 0.15) is 6.92 Å². The minimum atomic E-state index is -3.93. The number of nitro groups is 1. The summed E-state index contributed by atoms with van der Waals surface area (Å²) in [6, 6.07) is 13.1. The van der Waals surface area contributed by atoms with Gasteiger partial charge in [0.15, 0.2) is 0 Å². The Morgan fingerprint density at radius 2 is 1.84 bits per heavy atom. The molecule has 2 bridgehead atoms. The van der Waals surface area contributed by atoms with Crippen LogP contribution in [0.4, 0.5) is 17.1 Å². The van der Waals surface area contributed by atoms with Crippen molar-refractivity contribution < 1.29 is 13.3 Å². The molecule has 0 aliphatic carbocycles. The number of piperazine rings is 3. The Hall–Kier alpha value is -2.69. The first kappa shape index (κ1) is 21.5. The van der Waals surface area contributed by atoms with Crippen LogP contribution < -0.4 is 9.62 Å². The van der Waals surface area contributed by atoms with E-state index in [2.05, 4.69) is 15.1 Å². The van der Waals surface area contributed by atoms with Crippen LogP contribution >= 0.6 is 0 Å². The third kappa shape index (κ3) is 4.36. The molecule has 31 heavy (non-hydrogen) atoms. The van der Waals surface area contributed by atoms with Crippen molar-refractivity contribution in [1.29, 1.82) is 0 Å². The molecule has 3 fully saturated rings. The molecule has 0 amide bonds. The van der Waals surface area contributed by atoms with Gasteiger partial charge < -0.3 is 5.32 Å². The third-order valence-electron chi connectivity index (χ3n) is 6.01. The Bertz CT molecular complexity index is 1040. The van der Waals surface area contributed by atoms with Crippen LogP contribution in [0.25, 0.3) is 0 Å². The molecule has 3 saturated heterocycles. The van der Waals surface area contributed by atoms with Gasteiger partial charge in [0.1, 0.15) is 5.69 Å². The van der Waals surface area contributed by atoms with E-state index in [0.717, 1.165) is 38.8 Å². The summed E-state index contributed by atoms with van der Waals surface area (Å²) in [6.45, 7) is 7.63. The molecule has 3 aliphatic rings. The van der Waals surface area contributed by atoms with Gasteiger partial charge in [0, 0.05) is 57.9 Å². The second-order valence-corrected chi connectivity index (χ2v) is 9.68. The first-order chi connectivity index (χ1) is 14.9. The molecule has 3 heterocycles. The molecule has 166 valence electrons. The first-order valence-electron chi connectivity index (χ1n) is 10.5. The van der Waals surface area contributed by atoms with Crippen molar-refractivity contribution in [2.45, 2.75) is 17.9 Å². The highest BCUT2D eigenvalue weighted by molar-refractivity contribution is 7.92. The van der Waals surface area contributed by atoms with E-state index in [-0.39, 0.29) is 17.1 Å². The summed E-state index contributed by atoms with van der Waals surface area (Å²) in [5.74, 6) is 0. The van der Waals surface area contributed by atoms with Crippen LogP contribution in [-0.4, -0.2) is 75.0 Å². The van der Waals surface area contributed by atoms with Gasteiger partial charge in [-0.3, -0.25) is 24.2 Å². The quantitative estimate of drug-likeness (QED) is 0.491. The number of rotatable bonds is 8. The minimum absolute atomic E-state index is 0.0953. The summed E-state index contributed by atoms with van der Waals surface area (Å²) in [5.41, 5.74) is 0.622. The number of para-hydroxylation sites is 1. The van der Waals surface area contributed by atoms with E-state index in [1.807, 2.05) is 0 Å². The predicted molar refractivity (Wildman–Crippen MR) is 120 cm³/mol. The molecule has 10 heteroatoms. The molecule has 1 atom stereocenters. The van der Waals surface area contributed by atoms with Gasteiger partial charge in [0.25, 0.3) is 15.7 Å². The average molecular weight is 446 g/mol. The lowest BCUT2D eigenvalue weighted by atomic mass is 10.1. The molecule has 1 unspecified atom stereocenters. The summed E-state index contributed by atoms with van der Waals surface area (Å²) < 4.78 is 27.7. The fraction of sp³-hybridized carbons (Fsp3) is 0.429. The summed E-state index contributed by atoms with van der Waals surface area (Å²) in [6.07, 6.45) is 0. The molecule has 9 nitrogen and oxygen atoms in total. The molecular formula is C21H27N5O4S. The molecule has 0 saturated carbocycles. The van der Waals surface area contributed by atoms with Gasteiger partial charge >= 0.3 is 0 Å². The number of nitrogens with zero attached hydrogens (tertiary/aromatic N) is 4. The topological polar surface area (TPSA) is 99.0 Å². The number of fused-ring (bicyclic) bond motifs is 3. The smallest absolute Gasteiger partial charge is 0.293 e. The van der Waals surface area contributed by atoms with Crippen molar-refractivity contribution >= 4 is 27.1 Å². The number of nitro benzene ring substituents is 1. The van der Waals surface area contributed by atoms with Crippen molar-refractivity contribution in [3.8, 4) is 0 Å². The second-order valence-electron chi connectivity index (χ2n) is 7.81. The molecule has 5 rings (SSSR count). The molecule has 0 radical (unpaired) electrons. The highest BCUT2D eigenvalue weighted by Crippen LogP contribution is 2.31. The van der Waals surface area contributed by atoms with Crippen molar-refractivity contribution in [1.82, 2.24) is 9.80 Å². The third-order valence-corrected chi connectivity index (χ3v) is 7.90. The van der Waals surface area contributed by atoms with Gasteiger partial charge in [-0.05, 0) is 31.2 Å². The number of nitrogens with one attached hydrogen (secondary N) is 1. The second kappa shape index (κ2) is 8.81. The van der Waals surface area contributed by atoms with Gasteiger partial charge in [-0.25, -0.2) is 8.42 Å². The van der Waals surface area contributed by atoms with E-state index < -0.39 is 14.9 Å². The number of anilines is 2. The zero-order chi connectivity index (χ0) is 22.0. The Kier molecular flexibility index (Phi) is 6.12. The van der Waals surface area contributed by atoms with E-state index in [1.165, 1.54) is 16.4 Å². The molecule has 1 N–H and O–H groups in total. The molecule has 0 spiro atoms. The van der Waals surface area contributed by atoms with Gasteiger partial charge in [-0.1, -0.05) is 18.2 Å². The van der Waals surface area contributed by atoms with Gasteiger partial charge in [0.05, 0.1) is 15.5 Å². The lowest BCUT2D eigenvalue weighted by Crippen LogP contribution is -2.62. The molecule has 3 aliphatic heterocycles. The van der Waals surface area contributed by atoms with Crippen LogP contribution in [-0.2, 0) is 10.0 Å². The van der Waals surface area contributed by atoms with Crippen molar-refractivity contribution in [2.75, 3.05) is 55.4 Å². The van der Waals surface area contributed by atoms with Crippen molar-refractivity contribution in [3.05, 3.63) is 58.6 Å². The molecular weight excluding hydrogens is 418 g/mol. The maximum absolute atomic E-state index is 13.2. The van der Waals surface area contributed by atoms with Gasteiger partial charge in [0.2, 0.25) is 0 Å². The van der Waals surface area contributed by atoms with E-state index in [1.54, 1.807) is 37.3 Å². The largest absolute Gasteiger partial charge is 0.378 e. The van der Waals surface area contributed by atoms with Crippen LogP contribution in [0.2, 0.25) is 0 Å². The minimum Gasteiger partial charge on any atom is -0.378 e. The first-order valence-corrected chi connectivity index (χ1v) is 11.9. The Balaban J connectivity index is 1.57. The summed E-state index contributed by atoms with van der Waals surface area (Å²) in [7, 11) is -3.93. The van der Waals surface area contributed by atoms with E-state index in [4.69, 9.17) is 0 Å². The molecule has 2 aromatic rings. The normalized spacial score (nSPS) is 22.8. The predicted octanol–water partition coefficient (Wildman–Crippen LogP) is 2.22. The van der Waals surface area contributed by atoms with E-state index >= 15 is 0 Å². The van der Waals surface area contributed by atoms with Crippen molar-refractivity contribution in [2.24, 2.45) is 0 Å². The highest BCUT2D eigenvalue weighted by Gasteiger charge is 2.32.